The van der Waals surface area contributed by atoms with E-state index in [1.807, 2.05) is 27.7 Å². The van der Waals surface area contributed by atoms with Gasteiger partial charge in [-0.3, -0.25) is 9.89 Å². The highest BCUT2D eigenvalue weighted by molar-refractivity contribution is 5.79. The quantitative estimate of drug-likeness (QED) is 0.355. The maximum absolute atomic E-state index is 11.6. The number of amides is 1. The number of likely N-dealkylation sites (N-methyl/N-ethyl adjacent to an activating group) is 1. The number of carbonyl (C=O) groups excluding carboxylic acids is 1. The minimum absolute atomic E-state index is 0.397. The molecule has 0 aromatic rings. The van der Waals surface area contributed by atoms with E-state index in [9.17, 15) is 4.79 Å². The molecule has 1 amide bonds. The second kappa shape index (κ2) is 9.71. The van der Waals surface area contributed by atoms with Gasteiger partial charge in [0.25, 0.3) is 0 Å². The van der Waals surface area contributed by atoms with Crippen LogP contribution in [0.15, 0.2) is 4.99 Å². The topological polar surface area (TPSA) is 78.0 Å². The standard InChI is InChI=1S/C17H35N5O2/c1-7-18-15(21-12-13(2)22(6)14-8-9-14)19-10-11-20-16(23)24-17(3,4)5/h13-14H,7-12H2,1-6H3,(H,20,23)(H2,18,19,21). The van der Waals surface area contributed by atoms with Crippen LogP contribution in [-0.4, -0.2) is 67.9 Å². The summed E-state index contributed by atoms with van der Waals surface area (Å²) in [4.78, 5) is 18.6. The first-order valence-corrected chi connectivity index (χ1v) is 8.94. The zero-order chi connectivity index (χ0) is 18.2. The second-order valence-corrected chi connectivity index (χ2v) is 7.32. The van der Waals surface area contributed by atoms with Crippen LogP contribution >= 0.6 is 0 Å². The zero-order valence-corrected chi connectivity index (χ0v) is 16.1. The fourth-order valence-electron chi connectivity index (χ4n) is 2.20. The van der Waals surface area contributed by atoms with Gasteiger partial charge in [-0.2, -0.15) is 0 Å². The van der Waals surface area contributed by atoms with Crippen molar-refractivity contribution in [3.63, 3.8) is 0 Å². The molecule has 7 nitrogen and oxygen atoms in total. The number of nitrogens with one attached hydrogen (secondary N) is 3. The molecular formula is C17H35N5O2. The molecule has 0 bridgehead atoms. The number of guanidine groups is 1. The van der Waals surface area contributed by atoms with Crippen LogP contribution in [0.4, 0.5) is 4.79 Å². The molecule has 0 radical (unpaired) electrons. The number of carbonyl (C=O) groups is 1. The Labute approximate surface area is 146 Å². The third-order valence-electron chi connectivity index (χ3n) is 3.76. The highest BCUT2D eigenvalue weighted by atomic mass is 16.6. The lowest BCUT2D eigenvalue weighted by molar-refractivity contribution is 0.0529. The van der Waals surface area contributed by atoms with Crippen molar-refractivity contribution < 1.29 is 9.53 Å². The smallest absolute Gasteiger partial charge is 0.407 e. The number of ether oxygens (including phenoxy) is 1. The molecule has 0 aliphatic heterocycles. The Hall–Kier alpha value is -1.50. The van der Waals surface area contributed by atoms with Gasteiger partial charge in [-0.15, -0.1) is 0 Å². The number of alkyl carbamates (subject to hydrolysis) is 1. The Morgan fingerprint density at radius 3 is 2.42 bits per heavy atom. The molecule has 0 aromatic heterocycles. The van der Waals surface area contributed by atoms with Gasteiger partial charge in [0.2, 0.25) is 0 Å². The Morgan fingerprint density at radius 1 is 1.25 bits per heavy atom. The molecule has 1 fully saturated rings. The van der Waals surface area contributed by atoms with Crippen LogP contribution in [0, 0.1) is 0 Å². The summed E-state index contributed by atoms with van der Waals surface area (Å²) in [6.45, 7) is 12.4. The van der Waals surface area contributed by atoms with Gasteiger partial charge in [0.1, 0.15) is 5.60 Å². The van der Waals surface area contributed by atoms with Crippen molar-refractivity contribution in [2.45, 2.75) is 65.1 Å². The molecule has 0 aromatic carbocycles. The number of hydrogen-bond donors (Lipinski definition) is 3. The van der Waals surface area contributed by atoms with Gasteiger partial charge in [-0.05, 0) is 54.5 Å². The lowest BCUT2D eigenvalue weighted by Gasteiger charge is -2.23. The maximum Gasteiger partial charge on any atom is 0.407 e. The molecule has 1 aliphatic rings. The predicted octanol–water partition coefficient (Wildman–Crippen LogP) is 1.55. The van der Waals surface area contributed by atoms with Gasteiger partial charge in [0.15, 0.2) is 5.96 Å². The van der Waals surface area contributed by atoms with Crippen LogP contribution in [0.2, 0.25) is 0 Å². The largest absolute Gasteiger partial charge is 0.444 e. The molecule has 1 aliphatic carbocycles. The first-order chi connectivity index (χ1) is 11.2. The molecule has 7 heteroatoms. The minimum atomic E-state index is -0.475. The van der Waals surface area contributed by atoms with Crippen molar-refractivity contribution in [1.82, 2.24) is 20.9 Å². The van der Waals surface area contributed by atoms with Crippen LogP contribution in [0.3, 0.4) is 0 Å². The Balaban J connectivity index is 2.29. The zero-order valence-electron chi connectivity index (χ0n) is 16.1. The van der Waals surface area contributed by atoms with Crippen molar-refractivity contribution in [2.24, 2.45) is 4.99 Å². The summed E-state index contributed by atoms with van der Waals surface area (Å²) < 4.78 is 5.20. The van der Waals surface area contributed by atoms with E-state index in [0.29, 0.717) is 19.1 Å². The van der Waals surface area contributed by atoms with Crippen LogP contribution < -0.4 is 16.0 Å². The maximum atomic E-state index is 11.6. The summed E-state index contributed by atoms with van der Waals surface area (Å²) in [6, 6.07) is 1.16. The Kier molecular flexibility index (Phi) is 8.31. The summed E-state index contributed by atoms with van der Waals surface area (Å²) in [5.74, 6) is 0.777. The van der Waals surface area contributed by atoms with Crippen molar-refractivity contribution in [2.75, 3.05) is 33.2 Å². The molecular weight excluding hydrogens is 306 g/mol. The van der Waals surface area contributed by atoms with Gasteiger partial charge < -0.3 is 20.7 Å². The molecule has 3 N–H and O–H groups in total. The van der Waals surface area contributed by atoms with Crippen molar-refractivity contribution in [3.05, 3.63) is 0 Å². The summed E-state index contributed by atoms with van der Waals surface area (Å²) >= 11 is 0. The fourth-order valence-corrected chi connectivity index (χ4v) is 2.20. The third kappa shape index (κ3) is 8.96. The van der Waals surface area contributed by atoms with E-state index in [-0.39, 0.29) is 0 Å². The Morgan fingerprint density at radius 2 is 1.88 bits per heavy atom. The number of rotatable bonds is 8. The highest BCUT2D eigenvalue weighted by Crippen LogP contribution is 2.26. The van der Waals surface area contributed by atoms with E-state index in [0.717, 1.165) is 25.1 Å². The van der Waals surface area contributed by atoms with Gasteiger partial charge in [0.05, 0.1) is 6.54 Å². The number of aliphatic imine (C=N–C) groups is 1. The first-order valence-electron chi connectivity index (χ1n) is 8.94. The van der Waals surface area contributed by atoms with Gasteiger partial charge >= 0.3 is 6.09 Å². The molecule has 0 spiro atoms. The average molecular weight is 342 g/mol. The molecule has 0 heterocycles. The average Bonchev–Trinajstić information content (AvgIpc) is 3.30. The number of hydrogen-bond acceptors (Lipinski definition) is 4. The summed E-state index contributed by atoms with van der Waals surface area (Å²) in [5.41, 5.74) is -0.475. The van der Waals surface area contributed by atoms with Gasteiger partial charge in [-0.25, -0.2) is 4.79 Å². The summed E-state index contributed by atoms with van der Waals surface area (Å²) in [7, 11) is 2.17. The molecule has 1 rings (SSSR count). The van der Waals surface area contributed by atoms with E-state index >= 15 is 0 Å². The lowest BCUT2D eigenvalue weighted by Crippen LogP contribution is -2.43. The summed E-state index contributed by atoms with van der Waals surface area (Å²) in [5, 5.41) is 9.18. The monoisotopic (exact) mass is 341 g/mol. The van der Waals surface area contributed by atoms with Crippen LogP contribution in [0.25, 0.3) is 0 Å². The van der Waals surface area contributed by atoms with Crippen molar-refractivity contribution in [3.8, 4) is 0 Å². The Bertz CT molecular complexity index is 416. The fraction of sp³-hybridized carbons (Fsp3) is 0.882. The van der Waals surface area contributed by atoms with Crippen LogP contribution in [0.1, 0.15) is 47.5 Å². The van der Waals surface area contributed by atoms with Crippen LogP contribution in [0.5, 0.6) is 0 Å². The molecule has 1 unspecified atom stereocenters. The minimum Gasteiger partial charge on any atom is -0.444 e. The summed E-state index contributed by atoms with van der Waals surface area (Å²) in [6.07, 6.45) is 2.21. The van der Waals surface area contributed by atoms with Crippen molar-refractivity contribution in [1.29, 1.82) is 0 Å². The molecule has 0 saturated heterocycles. The van der Waals surface area contributed by atoms with E-state index in [1.54, 1.807) is 0 Å². The molecule has 24 heavy (non-hydrogen) atoms. The molecule has 140 valence electrons. The molecule has 1 atom stereocenters. The number of nitrogens with zero attached hydrogens (tertiary/aromatic N) is 2. The van der Waals surface area contributed by atoms with E-state index in [2.05, 4.69) is 39.8 Å². The molecule has 1 saturated carbocycles. The highest BCUT2D eigenvalue weighted by Gasteiger charge is 2.28. The first kappa shape index (κ1) is 20.5. The van der Waals surface area contributed by atoms with Gasteiger partial charge in [0, 0.05) is 31.7 Å². The SMILES string of the molecule is CCNC(=NCC(C)N(C)C1CC1)NCCNC(=O)OC(C)(C)C. The van der Waals surface area contributed by atoms with Crippen LogP contribution in [-0.2, 0) is 4.74 Å². The van der Waals surface area contributed by atoms with Gasteiger partial charge in [-0.1, -0.05) is 0 Å². The second-order valence-electron chi connectivity index (χ2n) is 7.32. The van der Waals surface area contributed by atoms with E-state index < -0.39 is 11.7 Å². The predicted molar refractivity (Wildman–Crippen MR) is 98.5 cm³/mol. The van der Waals surface area contributed by atoms with Crippen molar-refractivity contribution >= 4 is 12.1 Å². The normalized spacial score (nSPS) is 16.7. The van der Waals surface area contributed by atoms with E-state index in [1.165, 1.54) is 12.8 Å². The lowest BCUT2D eigenvalue weighted by atomic mass is 10.2. The third-order valence-corrected chi connectivity index (χ3v) is 3.76. The van der Waals surface area contributed by atoms with E-state index in [4.69, 9.17) is 4.74 Å².